The van der Waals surface area contributed by atoms with E-state index in [4.69, 9.17) is 4.74 Å². The molecule has 1 unspecified atom stereocenters. The molecule has 82 valence electrons. The van der Waals surface area contributed by atoms with E-state index in [9.17, 15) is 5.11 Å². The van der Waals surface area contributed by atoms with Crippen LogP contribution in [-0.4, -0.2) is 11.7 Å². The highest BCUT2D eigenvalue weighted by molar-refractivity contribution is 9.10. The van der Waals surface area contributed by atoms with Crippen molar-refractivity contribution in [1.29, 1.82) is 0 Å². The Balaban J connectivity index is 2.57. The van der Waals surface area contributed by atoms with Crippen LogP contribution in [0.15, 0.2) is 16.6 Å². The zero-order chi connectivity index (χ0) is 11.0. The lowest BCUT2D eigenvalue weighted by molar-refractivity contribution is 0.114. The van der Waals surface area contributed by atoms with Gasteiger partial charge in [0.05, 0.1) is 12.7 Å². The summed E-state index contributed by atoms with van der Waals surface area (Å²) in [5.41, 5.74) is 2.08. The summed E-state index contributed by atoms with van der Waals surface area (Å²) in [6.07, 6.45) is 0.296. The average molecular weight is 271 g/mol. The Labute approximate surface area is 98.4 Å². The molecule has 1 heterocycles. The lowest BCUT2D eigenvalue weighted by Crippen LogP contribution is -2.15. The highest BCUT2D eigenvalue weighted by atomic mass is 79.9. The maximum atomic E-state index is 9.89. The molecule has 2 nitrogen and oxygen atoms in total. The Morgan fingerprint density at radius 2 is 2.20 bits per heavy atom. The fraction of sp³-hybridized carbons (Fsp3) is 0.500. The van der Waals surface area contributed by atoms with E-state index in [0.717, 1.165) is 21.3 Å². The SMILES string of the molecule is CC(C)c1cc(Br)cc2c1OCCC2O. The van der Waals surface area contributed by atoms with Crippen molar-refractivity contribution in [2.24, 2.45) is 0 Å². The topological polar surface area (TPSA) is 29.5 Å². The number of rotatable bonds is 1. The van der Waals surface area contributed by atoms with Gasteiger partial charge in [0.25, 0.3) is 0 Å². The largest absolute Gasteiger partial charge is 0.493 e. The zero-order valence-electron chi connectivity index (χ0n) is 8.96. The van der Waals surface area contributed by atoms with Crippen molar-refractivity contribution in [2.45, 2.75) is 32.3 Å². The smallest absolute Gasteiger partial charge is 0.128 e. The summed E-state index contributed by atoms with van der Waals surface area (Å²) in [6.45, 7) is 4.87. The molecular formula is C12H15BrO2. The van der Waals surface area contributed by atoms with Crippen molar-refractivity contribution in [3.8, 4) is 5.75 Å². The van der Waals surface area contributed by atoms with Gasteiger partial charge in [-0.15, -0.1) is 0 Å². The predicted molar refractivity (Wildman–Crippen MR) is 63.3 cm³/mol. The van der Waals surface area contributed by atoms with Gasteiger partial charge in [0.2, 0.25) is 0 Å². The summed E-state index contributed by atoms with van der Waals surface area (Å²) in [4.78, 5) is 0. The van der Waals surface area contributed by atoms with Gasteiger partial charge in [-0.2, -0.15) is 0 Å². The minimum Gasteiger partial charge on any atom is -0.493 e. The van der Waals surface area contributed by atoms with Gasteiger partial charge >= 0.3 is 0 Å². The monoisotopic (exact) mass is 270 g/mol. The first-order valence-electron chi connectivity index (χ1n) is 5.23. The van der Waals surface area contributed by atoms with Gasteiger partial charge in [-0.05, 0) is 23.6 Å². The summed E-state index contributed by atoms with van der Waals surface area (Å²) in [6, 6.07) is 4.02. The molecule has 0 aliphatic carbocycles. The molecule has 1 atom stereocenters. The van der Waals surface area contributed by atoms with Crippen LogP contribution >= 0.6 is 15.9 Å². The third kappa shape index (κ3) is 2.04. The lowest BCUT2D eigenvalue weighted by atomic mass is 9.94. The maximum Gasteiger partial charge on any atom is 0.128 e. The standard InChI is InChI=1S/C12H15BrO2/c1-7(2)9-5-8(13)6-10-11(14)3-4-15-12(9)10/h5-7,11,14H,3-4H2,1-2H3. The number of fused-ring (bicyclic) bond motifs is 1. The number of hydrogen-bond donors (Lipinski definition) is 1. The number of aliphatic hydroxyl groups is 1. The molecule has 1 N–H and O–H groups in total. The number of ether oxygens (including phenoxy) is 1. The second kappa shape index (κ2) is 4.14. The van der Waals surface area contributed by atoms with Gasteiger partial charge < -0.3 is 9.84 Å². The fourth-order valence-corrected chi connectivity index (χ4v) is 2.40. The minimum absolute atomic E-state index is 0.385. The molecule has 0 amide bonds. The first-order chi connectivity index (χ1) is 7.09. The number of halogens is 1. The van der Waals surface area contributed by atoms with Gasteiger partial charge in [-0.3, -0.25) is 0 Å². The predicted octanol–water partition coefficient (Wildman–Crippen LogP) is 3.39. The fourth-order valence-electron chi connectivity index (χ4n) is 1.91. The van der Waals surface area contributed by atoms with Gasteiger partial charge in [-0.1, -0.05) is 29.8 Å². The summed E-state index contributed by atoms with van der Waals surface area (Å²) in [7, 11) is 0. The highest BCUT2D eigenvalue weighted by Crippen LogP contribution is 2.40. The highest BCUT2D eigenvalue weighted by Gasteiger charge is 2.23. The van der Waals surface area contributed by atoms with Gasteiger partial charge in [-0.25, -0.2) is 0 Å². The van der Waals surface area contributed by atoms with E-state index in [1.54, 1.807) is 0 Å². The van der Waals surface area contributed by atoms with Crippen molar-refractivity contribution in [1.82, 2.24) is 0 Å². The molecule has 1 aromatic carbocycles. The van der Waals surface area contributed by atoms with Crippen LogP contribution in [-0.2, 0) is 0 Å². The summed E-state index contributed by atoms with van der Waals surface area (Å²) >= 11 is 3.47. The van der Waals surface area contributed by atoms with Crippen LogP contribution in [0.4, 0.5) is 0 Å². The minimum atomic E-state index is -0.385. The molecule has 1 aromatic rings. The molecule has 0 saturated heterocycles. The second-order valence-electron chi connectivity index (χ2n) is 4.22. The van der Waals surface area contributed by atoms with E-state index in [-0.39, 0.29) is 6.10 Å². The Bertz CT molecular complexity index is 357. The molecule has 0 bridgehead atoms. The van der Waals surface area contributed by atoms with Gasteiger partial charge in [0.15, 0.2) is 0 Å². The number of benzene rings is 1. The zero-order valence-corrected chi connectivity index (χ0v) is 10.5. The van der Waals surface area contributed by atoms with Crippen LogP contribution in [0.3, 0.4) is 0 Å². The summed E-state index contributed by atoms with van der Waals surface area (Å²) in [5, 5.41) is 9.89. The normalized spacial score (nSPS) is 19.9. The molecule has 1 aliphatic rings. The van der Waals surface area contributed by atoms with Crippen LogP contribution in [0.2, 0.25) is 0 Å². The molecule has 3 heteroatoms. The molecule has 0 aromatic heterocycles. The molecule has 15 heavy (non-hydrogen) atoms. The maximum absolute atomic E-state index is 9.89. The van der Waals surface area contributed by atoms with E-state index in [1.807, 2.05) is 6.07 Å². The van der Waals surface area contributed by atoms with E-state index < -0.39 is 0 Å². The van der Waals surface area contributed by atoms with Crippen LogP contribution in [0, 0.1) is 0 Å². The van der Waals surface area contributed by atoms with Crippen molar-refractivity contribution >= 4 is 15.9 Å². The van der Waals surface area contributed by atoms with E-state index in [2.05, 4.69) is 35.8 Å². The van der Waals surface area contributed by atoms with Crippen molar-refractivity contribution in [3.05, 3.63) is 27.7 Å². The van der Waals surface area contributed by atoms with E-state index in [1.165, 1.54) is 0 Å². The average Bonchev–Trinajstić information content (AvgIpc) is 2.18. The quantitative estimate of drug-likeness (QED) is 0.848. The van der Waals surface area contributed by atoms with Crippen LogP contribution in [0.25, 0.3) is 0 Å². The van der Waals surface area contributed by atoms with Gasteiger partial charge in [0.1, 0.15) is 5.75 Å². The van der Waals surface area contributed by atoms with Crippen LogP contribution in [0.1, 0.15) is 43.4 Å². The molecule has 2 rings (SSSR count). The number of aliphatic hydroxyl groups excluding tert-OH is 1. The van der Waals surface area contributed by atoms with Crippen molar-refractivity contribution in [3.63, 3.8) is 0 Å². The third-order valence-electron chi connectivity index (χ3n) is 2.73. The molecule has 0 radical (unpaired) electrons. The Morgan fingerprint density at radius 1 is 1.47 bits per heavy atom. The second-order valence-corrected chi connectivity index (χ2v) is 5.14. The van der Waals surface area contributed by atoms with Crippen LogP contribution < -0.4 is 4.74 Å². The first kappa shape index (κ1) is 11.0. The summed E-state index contributed by atoms with van der Waals surface area (Å²) in [5.74, 6) is 1.29. The van der Waals surface area contributed by atoms with Crippen molar-refractivity contribution in [2.75, 3.05) is 6.61 Å². The lowest BCUT2D eigenvalue weighted by Gasteiger charge is -2.26. The van der Waals surface area contributed by atoms with E-state index >= 15 is 0 Å². The van der Waals surface area contributed by atoms with Crippen molar-refractivity contribution < 1.29 is 9.84 Å². The molecule has 0 spiro atoms. The van der Waals surface area contributed by atoms with Gasteiger partial charge in [0, 0.05) is 16.5 Å². The molecule has 0 saturated carbocycles. The molecule has 1 aliphatic heterocycles. The Morgan fingerprint density at radius 3 is 2.87 bits per heavy atom. The number of hydrogen-bond acceptors (Lipinski definition) is 2. The van der Waals surface area contributed by atoms with Crippen LogP contribution in [0.5, 0.6) is 5.75 Å². The molecule has 0 fully saturated rings. The first-order valence-corrected chi connectivity index (χ1v) is 6.03. The molecular weight excluding hydrogens is 256 g/mol. The Hall–Kier alpha value is -0.540. The summed E-state index contributed by atoms with van der Waals surface area (Å²) < 4.78 is 6.67. The third-order valence-corrected chi connectivity index (χ3v) is 3.19. The van der Waals surface area contributed by atoms with E-state index in [0.29, 0.717) is 18.9 Å². The Kier molecular flexibility index (Phi) is 3.03.